The molecule has 7 nitrogen and oxygen atoms in total. The standard InChI is InChI=1S/C24H22ClN3O4S/c1-17(29)18-2-7-21(8-3-18)27-12-14-28(15-13-27)24(30)19-4-11-23(26-16-19)33(31,32)22-9-5-20(25)6-10-22/h2-11,16H,12-15H2,1H3. The van der Waals surface area contributed by atoms with Gasteiger partial charge in [-0.2, -0.15) is 0 Å². The molecule has 0 radical (unpaired) electrons. The number of carbonyl (C=O) groups excluding carboxylic acids is 2. The van der Waals surface area contributed by atoms with E-state index in [4.69, 9.17) is 11.6 Å². The number of nitrogens with zero attached hydrogens (tertiary/aromatic N) is 3. The van der Waals surface area contributed by atoms with Crippen LogP contribution in [0.15, 0.2) is 76.8 Å². The highest BCUT2D eigenvalue weighted by Gasteiger charge is 2.24. The Hall–Kier alpha value is -3.23. The summed E-state index contributed by atoms with van der Waals surface area (Å²) in [6.45, 7) is 3.90. The summed E-state index contributed by atoms with van der Waals surface area (Å²) in [5.41, 5.74) is 2.01. The van der Waals surface area contributed by atoms with Gasteiger partial charge in [-0.15, -0.1) is 0 Å². The Morgan fingerprint density at radius 1 is 0.848 bits per heavy atom. The molecule has 9 heteroatoms. The Balaban J connectivity index is 1.41. The van der Waals surface area contributed by atoms with E-state index in [2.05, 4.69) is 9.88 Å². The van der Waals surface area contributed by atoms with Crippen LogP contribution in [0.1, 0.15) is 27.6 Å². The van der Waals surface area contributed by atoms with Gasteiger partial charge < -0.3 is 9.80 Å². The van der Waals surface area contributed by atoms with Gasteiger partial charge in [-0.25, -0.2) is 13.4 Å². The van der Waals surface area contributed by atoms with Crippen molar-refractivity contribution in [1.82, 2.24) is 9.88 Å². The molecule has 1 aromatic heterocycles. The zero-order chi connectivity index (χ0) is 23.6. The highest BCUT2D eigenvalue weighted by atomic mass is 35.5. The van der Waals surface area contributed by atoms with Crippen LogP contribution in [0.25, 0.3) is 0 Å². The van der Waals surface area contributed by atoms with Crippen molar-refractivity contribution in [2.24, 2.45) is 0 Å². The minimum Gasteiger partial charge on any atom is -0.368 e. The summed E-state index contributed by atoms with van der Waals surface area (Å²) in [6.07, 6.45) is 1.30. The van der Waals surface area contributed by atoms with E-state index in [0.29, 0.717) is 42.3 Å². The molecular weight excluding hydrogens is 462 g/mol. The molecular formula is C24H22ClN3O4S. The second kappa shape index (κ2) is 9.33. The number of benzene rings is 2. The molecule has 170 valence electrons. The number of anilines is 1. The fourth-order valence-electron chi connectivity index (χ4n) is 3.66. The number of aromatic nitrogens is 1. The summed E-state index contributed by atoms with van der Waals surface area (Å²) >= 11 is 5.83. The van der Waals surface area contributed by atoms with Crippen LogP contribution >= 0.6 is 11.6 Å². The number of ketones is 1. The summed E-state index contributed by atoms with van der Waals surface area (Å²) in [4.78, 5) is 32.4. The number of amides is 1. The predicted octanol–water partition coefficient (Wildman–Crippen LogP) is 3.73. The van der Waals surface area contributed by atoms with Gasteiger partial charge in [0, 0.05) is 48.6 Å². The third kappa shape index (κ3) is 4.91. The normalized spacial score (nSPS) is 14.2. The van der Waals surface area contributed by atoms with E-state index >= 15 is 0 Å². The van der Waals surface area contributed by atoms with Crippen LogP contribution in [-0.4, -0.2) is 56.2 Å². The minimum atomic E-state index is -3.79. The Labute approximate surface area is 197 Å². The van der Waals surface area contributed by atoms with Crippen LogP contribution in [0.5, 0.6) is 0 Å². The third-order valence-corrected chi connectivity index (χ3v) is 7.53. The molecule has 0 saturated carbocycles. The maximum Gasteiger partial charge on any atom is 0.255 e. The van der Waals surface area contributed by atoms with Gasteiger partial charge in [0.1, 0.15) is 0 Å². The number of sulfone groups is 1. The maximum atomic E-state index is 12.9. The summed E-state index contributed by atoms with van der Waals surface area (Å²) < 4.78 is 25.5. The second-order valence-electron chi connectivity index (χ2n) is 7.72. The van der Waals surface area contributed by atoms with Gasteiger partial charge in [0.15, 0.2) is 10.8 Å². The fraction of sp³-hybridized carbons (Fsp3) is 0.208. The van der Waals surface area contributed by atoms with Crippen molar-refractivity contribution in [3.8, 4) is 0 Å². The van der Waals surface area contributed by atoms with E-state index in [9.17, 15) is 18.0 Å². The average molecular weight is 484 g/mol. The first-order chi connectivity index (χ1) is 15.8. The van der Waals surface area contributed by atoms with Crippen molar-refractivity contribution in [2.45, 2.75) is 16.8 Å². The lowest BCUT2D eigenvalue weighted by molar-refractivity contribution is 0.0746. The highest BCUT2D eigenvalue weighted by Crippen LogP contribution is 2.22. The Bertz CT molecular complexity index is 1270. The largest absolute Gasteiger partial charge is 0.368 e. The molecule has 1 aliphatic rings. The predicted molar refractivity (Wildman–Crippen MR) is 126 cm³/mol. The van der Waals surface area contributed by atoms with Gasteiger partial charge in [-0.3, -0.25) is 9.59 Å². The van der Waals surface area contributed by atoms with E-state index in [1.54, 1.807) is 17.0 Å². The third-order valence-electron chi connectivity index (χ3n) is 5.59. The zero-order valence-electron chi connectivity index (χ0n) is 17.9. The average Bonchev–Trinajstić information content (AvgIpc) is 2.84. The molecule has 0 unspecified atom stereocenters. The molecule has 0 atom stereocenters. The quantitative estimate of drug-likeness (QED) is 0.514. The number of piperazine rings is 1. The molecule has 1 amide bonds. The molecule has 1 fully saturated rings. The van der Waals surface area contributed by atoms with E-state index < -0.39 is 9.84 Å². The first-order valence-electron chi connectivity index (χ1n) is 10.4. The van der Waals surface area contributed by atoms with E-state index in [0.717, 1.165) is 5.69 Å². The molecule has 4 rings (SSSR count). The number of carbonyl (C=O) groups is 2. The van der Waals surface area contributed by atoms with E-state index in [-0.39, 0.29) is 21.6 Å². The summed E-state index contributed by atoms with van der Waals surface area (Å²) in [5.74, 6) is -0.165. The van der Waals surface area contributed by atoms with Crippen molar-refractivity contribution in [3.63, 3.8) is 0 Å². The van der Waals surface area contributed by atoms with Crippen molar-refractivity contribution in [2.75, 3.05) is 31.1 Å². The van der Waals surface area contributed by atoms with Crippen LogP contribution in [0.4, 0.5) is 5.69 Å². The van der Waals surface area contributed by atoms with E-state index in [1.165, 1.54) is 49.5 Å². The topological polar surface area (TPSA) is 87.7 Å². The van der Waals surface area contributed by atoms with E-state index in [1.807, 2.05) is 12.1 Å². The summed E-state index contributed by atoms with van der Waals surface area (Å²) in [7, 11) is -3.79. The van der Waals surface area contributed by atoms with Crippen LogP contribution < -0.4 is 4.90 Å². The number of Topliss-reactive ketones (excluding diaryl/α,β-unsaturated/α-hetero) is 1. The lowest BCUT2D eigenvalue weighted by Gasteiger charge is -2.36. The monoisotopic (exact) mass is 483 g/mol. The van der Waals surface area contributed by atoms with Gasteiger partial charge >= 0.3 is 0 Å². The van der Waals surface area contributed by atoms with Gasteiger partial charge in [-0.05, 0) is 67.6 Å². The second-order valence-corrected chi connectivity index (χ2v) is 10.1. The maximum absolute atomic E-state index is 12.9. The smallest absolute Gasteiger partial charge is 0.255 e. The van der Waals surface area contributed by atoms with Crippen molar-refractivity contribution < 1.29 is 18.0 Å². The summed E-state index contributed by atoms with van der Waals surface area (Å²) in [6, 6.07) is 16.1. The van der Waals surface area contributed by atoms with Gasteiger partial charge in [-0.1, -0.05) is 11.6 Å². The molecule has 0 aliphatic carbocycles. The first-order valence-corrected chi connectivity index (χ1v) is 12.2. The molecule has 0 spiro atoms. The van der Waals surface area contributed by atoms with Crippen molar-refractivity contribution in [1.29, 1.82) is 0 Å². The number of hydrogen-bond acceptors (Lipinski definition) is 6. The van der Waals surface area contributed by atoms with Gasteiger partial charge in [0.05, 0.1) is 10.5 Å². The first kappa shape index (κ1) is 22.9. The van der Waals surface area contributed by atoms with Gasteiger partial charge in [0.2, 0.25) is 9.84 Å². The lowest BCUT2D eigenvalue weighted by Crippen LogP contribution is -2.48. The Morgan fingerprint density at radius 2 is 1.45 bits per heavy atom. The van der Waals surface area contributed by atoms with Crippen LogP contribution in [0.3, 0.4) is 0 Å². The number of pyridine rings is 1. The fourth-order valence-corrected chi connectivity index (χ4v) is 4.96. The molecule has 0 N–H and O–H groups in total. The number of halogens is 1. The molecule has 1 aliphatic heterocycles. The van der Waals surface area contributed by atoms with Crippen LogP contribution in [0.2, 0.25) is 5.02 Å². The van der Waals surface area contributed by atoms with Crippen LogP contribution in [0, 0.1) is 0 Å². The SMILES string of the molecule is CC(=O)c1ccc(N2CCN(C(=O)c3ccc(S(=O)(=O)c4ccc(Cl)cc4)nc3)CC2)cc1. The van der Waals surface area contributed by atoms with Crippen molar-refractivity contribution in [3.05, 3.63) is 83.0 Å². The number of hydrogen-bond donors (Lipinski definition) is 0. The molecule has 1 saturated heterocycles. The molecule has 2 aromatic carbocycles. The Morgan fingerprint density at radius 3 is 2.00 bits per heavy atom. The molecule has 2 heterocycles. The van der Waals surface area contributed by atoms with Gasteiger partial charge in [0.25, 0.3) is 5.91 Å². The van der Waals surface area contributed by atoms with Crippen LogP contribution in [-0.2, 0) is 9.84 Å². The molecule has 3 aromatic rings. The Kier molecular flexibility index (Phi) is 6.49. The molecule has 0 bridgehead atoms. The summed E-state index contributed by atoms with van der Waals surface area (Å²) in [5, 5.41) is 0.316. The lowest BCUT2D eigenvalue weighted by atomic mass is 10.1. The number of rotatable bonds is 5. The highest BCUT2D eigenvalue weighted by molar-refractivity contribution is 7.91. The van der Waals surface area contributed by atoms with Crippen molar-refractivity contribution >= 4 is 38.8 Å². The zero-order valence-corrected chi connectivity index (χ0v) is 19.5. The minimum absolute atomic E-state index is 0.0255. The molecule has 33 heavy (non-hydrogen) atoms.